The number of nitrogens with zero attached hydrogens (tertiary/aromatic N) is 1. The second kappa shape index (κ2) is 4.01. The predicted octanol–water partition coefficient (Wildman–Crippen LogP) is 1.08. The van der Waals surface area contributed by atoms with E-state index in [4.69, 9.17) is 10.5 Å². The standard InChI is InChI=1S/C8H11FN2O/c1-2-12-8-7(9)3-6(4-10)5-11-8/h3,5H,2,4,10H2,1H3. The van der Waals surface area contributed by atoms with Gasteiger partial charge in [0.25, 0.3) is 0 Å². The van der Waals surface area contributed by atoms with E-state index in [1.165, 1.54) is 12.3 Å². The number of halogens is 1. The van der Waals surface area contributed by atoms with Crippen LogP contribution >= 0.6 is 0 Å². The highest BCUT2D eigenvalue weighted by Crippen LogP contribution is 2.13. The quantitative estimate of drug-likeness (QED) is 0.738. The third kappa shape index (κ3) is 1.92. The van der Waals surface area contributed by atoms with Crippen LogP contribution in [0.5, 0.6) is 5.88 Å². The topological polar surface area (TPSA) is 48.1 Å². The van der Waals surface area contributed by atoms with Gasteiger partial charge in [0.05, 0.1) is 6.61 Å². The lowest BCUT2D eigenvalue weighted by Crippen LogP contribution is -2.01. The highest BCUT2D eigenvalue weighted by molar-refractivity contribution is 5.19. The third-order valence-electron chi connectivity index (χ3n) is 1.38. The van der Waals surface area contributed by atoms with Crippen molar-refractivity contribution >= 4 is 0 Å². The minimum atomic E-state index is -0.459. The number of nitrogens with two attached hydrogens (primary N) is 1. The fourth-order valence-corrected chi connectivity index (χ4v) is 0.820. The Morgan fingerprint density at radius 1 is 1.67 bits per heavy atom. The molecule has 0 aromatic carbocycles. The normalized spacial score (nSPS) is 9.92. The second-order valence-corrected chi connectivity index (χ2v) is 2.27. The van der Waals surface area contributed by atoms with Crippen molar-refractivity contribution in [1.29, 1.82) is 0 Å². The van der Waals surface area contributed by atoms with Gasteiger partial charge in [-0.2, -0.15) is 0 Å². The average Bonchev–Trinajstić information content (AvgIpc) is 2.09. The Kier molecular flexibility index (Phi) is 2.99. The van der Waals surface area contributed by atoms with Gasteiger partial charge in [0.15, 0.2) is 5.82 Å². The van der Waals surface area contributed by atoms with Gasteiger partial charge in [-0.1, -0.05) is 0 Å². The summed E-state index contributed by atoms with van der Waals surface area (Å²) in [5.74, 6) is -0.422. The Balaban J connectivity index is 2.87. The largest absolute Gasteiger partial charge is 0.476 e. The summed E-state index contributed by atoms with van der Waals surface area (Å²) >= 11 is 0. The number of pyridine rings is 1. The van der Waals surface area contributed by atoms with Crippen LogP contribution in [0.2, 0.25) is 0 Å². The van der Waals surface area contributed by atoms with Crippen LogP contribution in [-0.2, 0) is 6.54 Å². The summed E-state index contributed by atoms with van der Waals surface area (Å²) < 4.78 is 17.9. The summed E-state index contributed by atoms with van der Waals surface area (Å²) in [6.45, 7) is 2.47. The molecule has 0 spiro atoms. The molecule has 0 aliphatic carbocycles. The molecule has 3 nitrogen and oxygen atoms in total. The van der Waals surface area contributed by atoms with Crippen molar-refractivity contribution in [2.75, 3.05) is 6.61 Å². The molecule has 2 N–H and O–H groups in total. The van der Waals surface area contributed by atoms with Gasteiger partial charge < -0.3 is 10.5 Å². The molecule has 0 unspecified atom stereocenters. The first kappa shape index (κ1) is 8.93. The molecule has 0 aliphatic heterocycles. The zero-order chi connectivity index (χ0) is 8.97. The molecule has 1 aromatic heterocycles. The average molecular weight is 170 g/mol. The smallest absolute Gasteiger partial charge is 0.250 e. The van der Waals surface area contributed by atoms with E-state index in [-0.39, 0.29) is 12.4 Å². The summed E-state index contributed by atoms with van der Waals surface area (Å²) in [5, 5.41) is 0. The molecule has 0 aliphatic rings. The van der Waals surface area contributed by atoms with Crippen molar-refractivity contribution in [3.8, 4) is 5.88 Å². The van der Waals surface area contributed by atoms with Crippen molar-refractivity contribution < 1.29 is 9.13 Å². The van der Waals surface area contributed by atoms with Gasteiger partial charge in [0.1, 0.15) is 0 Å². The van der Waals surface area contributed by atoms with E-state index >= 15 is 0 Å². The molecule has 0 radical (unpaired) electrons. The molecule has 12 heavy (non-hydrogen) atoms. The fraction of sp³-hybridized carbons (Fsp3) is 0.375. The molecule has 0 saturated heterocycles. The van der Waals surface area contributed by atoms with Crippen LogP contribution in [0.4, 0.5) is 4.39 Å². The molecular weight excluding hydrogens is 159 g/mol. The third-order valence-corrected chi connectivity index (χ3v) is 1.38. The van der Waals surface area contributed by atoms with E-state index in [1.54, 1.807) is 6.92 Å². The zero-order valence-corrected chi connectivity index (χ0v) is 6.88. The maximum atomic E-state index is 13.0. The van der Waals surface area contributed by atoms with Gasteiger partial charge in [0, 0.05) is 12.7 Å². The van der Waals surface area contributed by atoms with Crippen molar-refractivity contribution in [3.63, 3.8) is 0 Å². The maximum Gasteiger partial charge on any atom is 0.250 e. The second-order valence-electron chi connectivity index (χ2n) is 2.27. The lowest BCUT2D eigenvalue weighted by atomic mass is 10.3. The molecule has 0 atom stereocenters. The summed E-state index contributed by atoms with van der Waals surface area (Å²) in [4.78, 5) is 3.76. The van der Waals surface area contributed by atoms with Crippen LogP contribution in [0.1, 0.15) is 12.5 Å². The number of hydrogen-bond acceptors (Lipinski definition) is 3. The summed E-state index contributed by atoms with van der Waals surface area (Å²) in [6, 6.07) is 1.33. The zero-order valence-electron chi connectivity index (χ0n) is 6.88. The van der Waals surface area contributed by atoms with Crippen LogP contribution < -0.4 is 10.5 Å². The molecule has 1 aromatic rings. The predicted molar refractivity (Wildman–Crippen MR) is 43.3 cm³/mol. The Hall–Kier alpha value is -1.16. The summed E-state index contributed by atoms with van der Waals surface area (Å²) in [7, 11) is 0. The highest BCUT2D eigenvalue weighted by Gasteiger charge is 2.04. The Labute approximate surface area is 70.4 Å². The van der Waals surface area contributed by atoms with E-state index in [0.717, 1.165) is 0 Å². The molecule has 0 bridgehead atoms. The van der Waals surface area contributed by atoms with Gasteiger partial charge in [-0.15, -0.1) is 0 Å². The lowest BCUT2D eigenvalue weighted by Gasteiger charge is -2.03. The summed E-state index contributed by atoms with van der Waals surface area (Å²) in [5.41, 5.74) is 5.96. The van der Waals surface area contributed by atoms with Crippen LogP contribution in [0.3, 0.4) is 0 Å². The van der Waals surface area contributed by atoms with Gasteiger partial charge in [-0.25, -0.2) is 9.37 Å². The van der Waals surface area contributed by atoms with Gasteiger partial charge in [0.2, 0.25) is 5.88 Å². The number of rotatable bonds is 3. The minimum Gasteiger partial charge on any atom is -0.476 e. The fourth-order valence-electron chi connectivity index (χ4n) is 0.820. The van der Waals surface area contributed by atoms with Crippen LogP contribution in [0.25, 0.3) is 0 Å². The van der Waals surface area contributed by atoms with Crippen LogP contribution in [0, 0.1) is 5.82 Å². The molecular formula is C8H11FN2O. The van der Waals surface area contributed by atoms with E-state index in [9.17, 15) is 4.39 Å². The highest BCUT2D eigenvalue weighted by atomic mass is 19.1. The molecule has 1 heterocycles. The minimum absolute atomic E-state index is 0.0368. The lowest BCUT2D eigenvalue weighted by molar-refractivity contribution is 0.307. The van der Waals surface area contributed by atoms with Gasteiger partial charge in [-0.05, 0) is 18.6 Å². The Morgan fingerprint density at radius 3 is 2.92 bits per heavy atom. The molecule has 4 heteroatoms. The molecule has 0 amide bonds. The van der Waals surface area contributed by atoms with Crippen molar-refractivity contribution in [3.05, 3.63) is 23.6 Å². The maximum absolute atomic E-state index is 13.0. The first-order valence-electron chi connectivity index (χ1n) is 3.75. The number of aromatic nitrogens is 1. The number of hydrogen-bond donors (Lipinski definition) is 1. The van der Waals surface area contributed by atoms with Gasteiger partial charge in [-0.3, -0.25) is 0 Å². The van der Waals surface area contributed by atoms with E-state index in [1.807, 2.05) is 0 Å². The SMILES string of the molecule is CCOc1ncc(CN)cc1F. The molecule has 66 valence electrons. The Bertz CT molecular complexity index is 265. The van der Waals surface area contributed by atoms with Gasteiger partial charge >= 0.3 is 0 Å². The first-order chi connectivity index (χ1) is 5.77. The molecule has 0 fully saturated rings. The van der Waals surface area contributed by atoms with E-state index in [2.05, 4.69) is 4.98 Å². The van der Waals surface area contributed by atoms with Crippen LogP contribution in [0.15, 0.2) is 12.3 Å². The van der Waals surface area contributed by atoms with E-state index in [0.29, 0.717) is 12.2 Å². The monoisotopic (exact) mass is 170 g/mol. The van der Waals surface area contributed by atoms with E-state index < -0.39 is 5.82 Å². The Morgan fingerprint density at radius 2 is 2.42 bits per heavy atom. The van der Waals surface area contributed by atoms with Crippen molar-refractivity contribution in [2.45, 2.75) is 13.5 Å². The molecule has 1 rings (SSSR count). The van der Waals surface area contributed by atoms with Crippen molar-refractivity contribution in [2.24, 2.45) is 5.73 Å². The first-order valence-corrected chi connectivity index (χ1v) is 3.75. The van der Waals surface area contributed by atoms with Crippen molar-refractivity contribution in [1.82, 2.24) is 4.98 Å². The summed E-state index contributed by atoms with van der Waals surface area (Å²) in [6.07, 6.45) is 1.51. The molecule has 0 saturated carbocycles. The van der Waals surface area contributed by atoms with Crippen LogP contribution in [-0.4, -0.2) is 11.6 Å². The number of ether oxygens (including phenoxy) is 1.